The zero-order valence-electron chi connectivity index (χ0n) is 13.3. The van der Waals surface area contributed by atoms with Gasteiger partial charge >= 0.3 is 0 Å². The van der Waals surface area contributed by atoms with Crippen LogP contribution in [0.1, 0.15) is 50.2 Å². The molecule has 1 aliphatic rings. The number of piperidine rings is 1. The molecule has 0 aliphatic carbocycles. The summed E-state index contributed by atoms with van der Waals surface area (Å²) in [4.78, 5) is 2.57. The first-order chi connectivity index (χ1) is 10.2. The molecule has 0 radical (unpaired) electrons. The molecular formula is C19H26N2. The smallest absolute Gasteiger partial charge is 0.109 e. The van der Waals surface area contributed by atoms with Gasteiger partial charge in [0.25, 0.3) is 0 Å². The molecule has 2 heterocycles. The van der Waals surface area contributed by atoms with Gasteiger partial charge in [-0.15, -0.1) is 0 Å². The highest BCUT2D eigenvalue weighted by Crippen LogP contribution is 2.27. The second-order valence-electron chi connectivity index (χ2n) is 6.45. The number of nitrogens with zero attached hydrogens (tertiary/aromatic N) is 2. The molecule has 2 nitrogen and oxygen atoms in total. The second-order valence-corrected chi connectivity index (χ2v) is 6.45. The monoisotopic (exact) mass is 282 g/mol. The van der Waals surface area contributed by atoms with E-state index in [9.17, 15) is 0 Å². The van der Waals surface area contributed by atoms with Crippen LogP contribution in [0, 0.1) is 0 Å². The van der Waals surface area contributed by atoms with Crippen molar-refractivity contribution < 1.29 is 0 Å². The lowest BCUT2D eigenvalue weighted by Crippen LogP contribution is -2.31. The molecule has 1 fully saturated rings. The summed E-state index contributed by atoms with van der Waals surface area (Å²) in [7, 11) is 0. The quantitative estimate of drug-likeness (QED) is 0.792. The Balaban J connectivity index is 1.89. The standard InChI is InChI=1S/C19H26N2/c1-16(2)18-13-19(20-11-7-4-8-12-20)21(15-18)14-17-9-5-3-6-10-17/h3,5-6,9-10,13,15-16H,4,7-8,11-12,14H2,1-2H3. The van der Waals surface area contributed by atoms with Crippen LogP contribution in [0.4, 0.5) is 5.82 Å². The zero-order valence-corrected chi connectivity index (χ0v) is 13.3. The van der Waals surface area contributed by atoms with Crippen LogP contribution in [0.5, 0.6) is 0 Å². The molecule has 2 aromatic rings. The summed E-state index contributed by atoms with van der Waals surface area (Å²) in [5.41, 5.74) is 2.83. The Morgan fingerprint density at radius 3 is 2.38 bits per heavy atom. The van der Waals surface area contributed by atoms with E-state index in [4.69, 9.17) is 0 Å². The van der Waals surface area contributed by atoms with E-state index in [1.54, 1.807) is 0 Å². The van der Waals surface area contributed by atoms with Gasteiger partial charge in [0, 0.05) is 25.8 Å². The molecule has 3 rings (SSSR count). The maximum Gasteiger partial charge on any atom is 0.109 e. The van der Waals surface area contributed by atoms with E-state index in [1.807, 2.05) is 0 Å². The predicted molar refractivity (Wildman–Crippen MR) is 90.1 cm³/mol. The molecule has 1 aromatic carbocycles. The first-order valence-electron chi connectivity index (χ1n) is 8.23. The number of aromatic nitrogens is 1. The van der Waals surface area contributed by atoms with Crippen molar-refractivity contribution in [3.05, 3.63) is 53.7 Å². The average molecular weight is 282 g/mol. The lowest BCUT2D eigenvalue weighted by molar-refractivity contribution is 0.564. The SMILES string of the molecule is CC(C)c1cc(N2CCCCC2)n(Cc2ccccc2)c1. The Morgan fingerprint density at radius 2 is 1.71 bits per heavy atom. The predicted octanol–water partition coefficient (Wildman–Crippen LogP) is 4.65. The van der Waals surface area contributed by atoms with Crippen LogP contribution in [-0.2, 0) is 6.54 Å². The van der Waals surface area contributed by atoms with Crippen LogP contribution in [0.15, 0.2) is 42.6 Å². The number of hydrogen-bond acceptors (Lipinski definition) is 1. The average Bonchev–Trinajstić information content (AvgIpc) is 2.93. The van der Waals surface area contributed by atoms with Crippen LogP contribution in [0.2, 0.25) is 0 Å². The Kier molecular flexibility index (Phi) is 4.33. The third-order valence-corrected chi connectivity index (χ3v) is 4.44. The van der Waals surface area contributed by atoms with Gasteiger partial charge in [-0.25, -0.2) is 0 Å². The van der Waals surface area contributed by atoms with Crippen molar-refractivity contribution in [2.45, 2.75) is 45.6 Å². The Morgan fingerprint density at radius 1 is 1.00 bits per heavy atom. The van der Waals surface area contributed by atoms with Crippen LogP contribution in [0.25, 0.3) is 0 Å². The first-order valence-corrected chi connectivity index (χ1v) is 8.23. The van der Waals surface area contributed by atoms with E-state index in [0.717, 1.165) is 6.54 Å². The highest BCUT2D eigenvalue weighted by molar-refractivity contribution is 5.46. The third-order valence-electron chi connectivity index (χ3n) is 4.44. The van der Waals surface area contributed by atoms with Crippen LogP contribution in [0.3, 0.4) is 0 Å². The van der Waals surface area contributed by atoms with E-state index >= 15 is 0 Å². The highest BCUT2D eigenvalue weighted by Gasteiger charge is 2.17. The van der Waals surface area contributed by atoms with Crippen molar-refractivity contribution in [2.75, 3.05) is 18.0 Å². The van der Waals surface area contributed by atoms with Crippen molar-refractivity contribution in [3.8, 4) is 0 Å². The van der Waals surface area contributed by atoms with Gasteiger partial charge in [0.1, 0.15) is 5.82 Å². The summed E-state index contributed by atoms with van der Waals surface area (Å²) in [6, 6.07) is 13.2. The summed E-state index contributed by atoms with van der Waals surface area (Å²) in [6.45, 7) is 7.94. The maximum atomic E-state index is 2.57. The number of benzene rings is 1. The lowest BCUT2D eigenvalue weighted by Gasteiger charge is -2.29. The first kappa shape index (κ1) is 14.2. The Hall–Kier alpha value is -1.70. The molecule has 1 saturated heterocycles. The summed E-state index contributed by atoms with van der Waals surface area (Å²) >= 11 is 0. The lowest BCUT2D eigenvalue weighted by atomic mass is 10.1. The molecular weight excluding hydrogens is 256 g/mol. The van der Waals surface area contributed by atoms with Crippen molar-refractivity contribution >= 4 is 5.82 Å². The molecule has 0 amide bonds. The van der Waals surface area contributed by atoms with E-state index in [-0.39, 0.29) is 0 Å². The summed E-state index contributed by atoms with van der Waals surface area (Å²) in [5, 5.41) is 0. The molecule has 0 unspecified atom stereocenters. The molecule has 0 N–H and O–H groups in total. The third kappa shape index (κ3) is 3.31. The van der Waals surface area contributed by atoms with Crippen molar-refractivity contribution in [3.63, 3.8) is 0 Å². The van der Waals surface area contributed by atoms with Gasteiger partial charge in [0.05, 0.1) is 0 Å². The summed E-state index contributed by atoms with van der Waals surface area (Å²) in [5.74, 6) is 1.99. The van der Waals surface area contributed by atoms with Gasteiger partial charge < -0.3 is 9.47 Å². The van der Waals surface area contributed by atoms with Gasteiger partial charge in [-0.2, -0.15) is 0 Å². The van der Waals surface area contributed by atoms with Crippen molar-refractivity contribution in [2.24, 2.45) is 0 Å². The fourth-order valence-corrected chi connectivity index (χ4v) is 3.13. The van der Waals surface area contributed by atoms with Crippen molar-refractivity contribution in [1.82, 2.24) is 4.57 Å². The number of rotatable bonds is 4. The van der Waals surface area contributed by atoms with Gasteiger partial charge in [0.15, 0.2) is 0 Å². The van der Waals surface area contributed by atoms with E-state index in [2.05, 4.69) is 65.9 Å². The molecule has 1 aromatic heterocycles. The van der Waals surface area contributed by atoms with Gasteiger partial charge in [-0.3, -0.25) is 0 Å². The van der Waals surface area contributed by atoms with Crippen molar-refractivity contribution in [1.29, 1.82) is 0 Å². The fraction of sp³-hybridized carbons (Fsp3) is 0.474. The summed E-state index contributed by atoms with van der Waals surface area (Å²) < 4.78 is 2.44. The van der Waals surface area contributed by atoms with Crippen LogP contribution < -0.4 is 4.90 Å². The molecule has 21 heavy (non-hydrogen) atoms. The van der Waals surface area contributed by atoms with Gasteiger partial charge in [-0.1, -0.05) is 44.2 Å². The van der Waals surface area contributed by atoms with E-state index in [1.165, 1.54) is 49.3 Å². The van der Waals surface area contributed by atoms with Gasteiger partial charge in [-0.05, 0) is 42.4 Å². The minimum absolute atomic E-state index is 0.588. The highest BCUT2D eigenvalue weighted by atomic mass is 15.2. The zero-order chi connectivity index (χ0) is 14.7. The van der Waals surface area contributed by atoms with Gasteiger partial charge in [0.2, 0.25) is 0 Å². The fourth-order valence-electron chi connectivity index (χ4n) is 3.13. The topological polar surface area (TPSA) is 8.17 Å². The minimum Gasteiger partial charge on any atom is -0.358 e. The molecule has 112 valence electrons. The number of anilines is 1. The van der Waals surface area contributed by atoms with E-state index in [0.29, 0.717) is 5.92 Å². The molecule has 0 bridgehead atoms. The normalized spacial score (nSPS) is 15.7. The maximum absolute atomic E-state index is 2.57. The minimum atomic E-state index is 0.588. The molecule has 2 heteroatoms. The molecule has 0 atom stereocenters. The second kappa shape index (κ2) is 6.38. The van der Waals surface area contributed by atoms with Crippen LogP contribution in [-0.4, -0.2) is 17.7 Å². The Bertz CT molecular complexity index is 563. The Labute approximate surface area is 128 Å². The van der Waals surface area contributed by atoms with Crippen LogP contribution >= 0.6 is 0 Å². The molecule has 0 spiro atoms. The number of hydrogen-bond donors (Lipinski definition) is 0. The van der Waals surface area contributed by atoms with E-state index < -0.39 is 0 Å². The molecule has 1 aliphatic heterocycles. The summed E-state index contributed by atoms with van der Waals surface area (Å²) in [6.07, 6.45) is 6.38. The molecule has 0 saturated carbocycles. The largest absolute Gasteiger partial charge is 0.358 e.